The third-order valence-electron chi connectivity index (χ3n) is 3.08. The number of ketones is 1. The van der Waals surface area contributed by atoms with E-state index in [1.165, 1.54) is 11.1 Å². The van der Waals surface area contributed by atoms with Crippen molar-refractivity contribution in [1.82, 2.24) is 0 Å². The zero-order valence-corrected chi connectivity index (χ0v) is 11.4. The minimum absolute atomic E-state index is 0.0888. The number of hydrogen-bond acceptors (Lipinski definition) is 1. The van der Waals surface area contributed by atoms with E-state index in [-0.39, 0.29) is 5.78 Å². The zero-order valence-electron chi connectivity index (χ0n) is 11.4. The molecule has 0 aliphatic carbocycles. The summed E-state index contributed by atoms with van der Waals surface area (Å²) in [5.74, 6) is 0.0888. The SMILES string of the molecule is CC(=O)C=C(C)c1ccc(Cc2ccccc2)cc1. The Bertz CT molecular complexity index is 577. The number of carbonyl (C=O) groups excluding carboxylic acids is 1. The van der Waals surface area contributed by atoms with E-state index in [1.54, 1.807) is 13.0 Å². The van der Waals surface area contributed by atoms with Crippen LogP contribution in [0, 0.1) is 0 Å². The van der Waals surface area contributed by atoms with Crippen molar-refractivity contribution in [3.8, 4) is 0 Å². The zero-order chi connectivity index (χ0) is 13.7. The van der Waals surface area contributed by atoms with Gasteiger partial charge in [-0.1, -0.05) is 54.6 Å². The summed E-state index contributed by atoms with van der Waals surface area (Å²) in [6.07, 6.45) is 2.61. The van der Waals surface area contributed by atoms with Crippen LogP contribution < -0.4 is 0 Å². The van der Waals surface area contributed by atoms with Gasteiger partial charge in [-0.15, -0.1) is 0 Å². The van der Waals surface area contributed by atoms with Crippen LogP contribution in [0.3, 0.4) is 0 Å². The predicted molar refractivity (Wildman–Crippen MR) is 80.0 cm³/mol. The van der Waals surface area contributed by atoms with Crippen molar-refractivity contribution in [3.05, 3.63) is 77.4 Å². The van der Waals surface area contributed by atoms with E-state index in [0.29, 0.717) is 0 Å². The minimum atomic E-state index is 0.0888. The molecule has 0 aromatic heterocycles. The van der Waals surface area contributed by atoms with Crippen molar-refractivity contribution >= 4 is 11.4 Å². The van der Waals surface area contributed by atoms with Crippen LogP contribution in [-0.2, 0) is 11.2 Å². The van der Waals surface area contributed by atoms with E-state index in [2.05, 4.69) is 48.5 Å². The largest absolute Gasteiger partial charge is 0.295 e. The Hall–Kier alpha value is -2.15. The first-order valence-corrected chi connectivity index (χ1v) is 6.47. The van der Waals surface area contributed by atoms with Crippen LogP contribution in [0.5, 0.6) is 0 Å². The molecule has 0 heterocycles. The third kappa shape index (κ3) is 3.92. The van der Waals surface area contributed by atoms with E-state index in [0.717, 1.165) is 17.6 Å². The van der Waals surface area contributed by atoms with Crippen molar-refractivity contribution in [2.24, 2.45) is 0 Å². The van der Waals surface area contributed by atoms with Gasteiger partial charge in [0.2, 0.25) is 0 Å². The molecule has 2 aromatic rings. The standard InChI is InChI=1S/C18H18O/c1-14(12-15(2)19)18-10-8-17(9-11-18)13-16-6-4-3-5-7-16/h3-12H,13H2,1-2H3. The molecule has 0 bridgehead atoms. The van der Waals surface area contributed by atoms with E-state index in [4.69, 9.17) is 0 Å². The second kappa shape index (κ2) is 6.14. The molecule has 2 aromatic carbocycles. The van der Waals surface area contributed by atoms with Gasteiger partial charge in [-0.25, -0.2) is 0 Å². The summed E-state index contributed by atoms with van der Waals surface area (Å²) < 4.78 is 0. The highest BCUT2D eigenvalue weighted by Crippen LogP contribution is 2.16. The van der Waals surface area contributed by atoms with Crippen LogP contribution in [0.4, 0.5) is 0 Å². The molecule has 0 aliphatic rings. The third-order valence-corrected chi connectivity index (χ3v) is 3.08. The summed E-state index contributed by atoms with van der Waals surface area (Å²) in [5.41, 5.74) is 4.71. The maximum absolute atomic E-state index is 11.1. The fourth-order valence-electron chi connectivity index (χ4n) is 2.11. The summed E-state index contributed by atoms with van der Waals surface area (Å²) in [7, 11) is 0. The quantitative estimate of drug-likeness (QED) is 0.741. The number of allylic oxidation sites excluding steroid dienone is 2. The average molecular weight is 250 g/mol. The molecule has 0 saturated carbocycles. The molecule has 96 valence electrons. The van der Waals surface area contributed by atoms with Gasteiger partial charge < -0.3 is 0 Å². The second-order valence-corrected chi connectivity index (χ2v) is 4.80. The number of carbonyl (C=O) groups is 1. The number of rotatable bonds is 4. The molecule has 0 saturated heterocycles. The maximum atomic E-state index is 11.1. The van der Waals surface area contributed by atoms with Crippen LogP contribution in [0.1, 0.15) is 30.5 Å². The van der Waals surface area contributed by atoms with Crippen molar-refractivity contribution in [2.45, 2.75) is 20.3 Å². The van der Waals surface area contributed by atoms with Gasteiger partial charge in [0.25, 0.3) is 0 Å². The Labute approximate surface area is 114 Å². The van der Waals surface area contributed by atoms with Crippen LogP contribution >= 0.6 is 0 Å². The van der Waals surface area contributed by atoms with E-state index < -0.39 is 0 Å². The molecule has 0 spiro atoms. The second-order valence-electron chi connectivity index (χ2n) is 4.80. The van der Waals surface area contributed by atoms with Crippen LogP contribution in [0.25, 0.3) is 5.57 Å². The highest BCUT2D eigenvalue weighted by molar-refractivity contribution is 5.94. The molecular formula is C18H18O. The van der Waals surface area contributed by atoms with E-state index in [9.17, 15) is 4.79 Å². The average Bonchev–Trinajstić information content (AvgIpc) is 2.40. The Morgan fingerprint density at radius 1 is 0.895 bits per heavy atom. The van der Waals surface area contributed by atoms with Gasteiger partial charge >= 0.3 is 0 Å². The molecule has 1 nitrogen and oxygen atoms in total. The molecule has 19 heavy (non-hydrogen) atoms. The smallest absolute Gasteiger partial charge is 0.152 e. The lowest BCUT2D eigenvalue weighted by Crippen LogP contribution is -1.90. The van der Waals surface area contributed by atoms with Gasteiger partial charge in [-0.05, 0) is 48.6 Å². The first-order valence-electron chi connectivity index (χ1n) is 6.47. The van der Waals surface area contributed by atoms with Crippen molar-refractivity contribution in [3.63, 3.8) is 0 Å². The van der Waals surface area contributed by atoms with E-state index >= 15 is 0 Å². The first kappa shape index (κ1) is 13.3. The van der Waals surface area contributed by atoms with Gasteiger partial charge in [-0.2, -0.15) is 0 Å². The van der Waals surface area contributed by atoms with Crippen LogP contribution in [0.15, 0.2) is 60.7 Å². The summed E-state index contributed by atoms with van der Waals surface area (Å²) >= 11 is 0. The minimum Gasteiger partial charge on any atom is -0.295 e. The lowest BCUT2D eigenvalue weighted by atomic mass is 10.0. The summed E-state index contributed by atoms with van der Waals surface area (Å²) in [4.78, 5) is 11.1. The molecule has 0 atom stereocenters. The van der Waals surface area contributed by atoms with Gasteiger partial charge in [0.05, 0.1) is 0 Å². The van der Waals surface area contributed by atoms with Crippen LogP contribution in [0.2, 0.25) is 0 Å². The normalized spacial score (nSPS) is 11.4. The Kier molecular flexibility index (Phi) is 4.30. The molecule has 0 radical (unpaired) electrons. The van der Waals surface area contributed by atoms with Crippen molar-refractivity contribution in [2.75, 3.05) is 0 Å². The maximum Gasteiger partial charge on any atom is 0.152 e. The molecule has 1 heteroatoms. The Morgan fingerprint density at radius 2 is 1.47 bits per heavy atom. The fourth-order valence-corrected chi connectivity index (χ4v) is 2.11. The van der Waals surface area contributed by atoms with Crippen molar-refractivity contribution in [1.29, 1.82) is 0 Å². The van der Waals surface area contributed by atoms with E-state index in [1.807, 2.05) is 13.0 Å². The summed E-state index contributed by atoms with van der Waals surface area (Å²) in [5, 5.41) is 0. The highest BCUT2D eigenvalue weighted by atomic mass is 16.1. The lowest BCUT2D eigenvalue weighted by Gasteiger charge is -2.05. The van der Waals surface area contributed by atoms with Crippen molar-refractivity contribution < 1.29 is 4.79 Å². The molecule has 0 fully saturated rings. The summed E-state index contributed by atoms with van der Waals surface area (Å²) in [6.45, 7) is 3.54. The Morgan fingerprint density at radius 3 is 2.05 bits per heavy atom. The molecular weight excluding hydrogens is 232 g/mol. The van der Waals surface area contributed by atoms with Gasteiger partial charge in [0, 0.05) is 0 Å². The van der Waals surface area contributed by atoms with Gasteiger partial charge in [-0.3, -0.25) is 4.79 Å². The number of hydrogen-bond donors (Lipinski definition) is 0. The molecule has 0 amide bonds. The lowest BCUT2D eigenvalue weighted by molar-refractivity contribution is -0.112. The molecule has 0 N–H and O–H groups in total. The van der Waals surface area contributed by atoms with Gasteiger partial charge in [0.1, 0.15) is 0 Å². The van der Waals surface area contributed by atoms with Gasteiger partial charge in [0.15, 0.2) is 5.78 Å². The molecule has 0 aliphatic heterocycles. The predicted octanol–water partition coefficient (Wildman–Crippen LogP) is 4.27. The molecule has 2 rings (SSSR count). The Balaban J connectivity index is 2.13. The monoisotopic (exact) mass is 250 g/mol. The fraction of sp³-hybridized carbons (Fsp3) is 0.167. The summed E-state index contributed by atoms with van der Waals surface area (Å²) in [6, 6.07) is 18.8. The van der Waals surface area contributed by atoms with Crippen LogP contribution in [-0.4, -0.2) is 5.78 Å². The highest BCUT2D eigenvalue weighted by Gasteiger charge is 1.99. The first-order chi connectivity index (χ1) is 9.15. The number of benzene rings is 2. The molecule has 0 unspecified atom stereocenters. The topological polar surface area (TPSA) is 17.1 Å².